The highest BCUT2D eigenvalue weighted by atomic mass is 16.1. The molecule has 3 N–H and O–H groups in total. The minimum Gasteiger partial charge on any atom is -0.368 e. The third-order valence-corrected chi connectivity index (χ3v) is 4.88. The van der Waals surface area contributed by atoms with Crippen LogP contribution in [0.1, 0.15) is 52.4 Å². The number of hydrogen-bond acceptors (Lipinski definition) is 3. The van der Waals surface area contributed by atoms with E-state index in [1.54, 1.807) is 0 Å². The van der Waals surface area contributed by atoms with Crippen LogP contribution >= 0.6 is 0 Å². The first kappa shape index (κ1) is 13.8. The lowest BCUT2D eigenvalue weighted by Gasteiger charge is -2.32. The van der Waals surface area contributed by atoms with Crippen LogP contribution in [-0.4, -0.2) is 41.5 Å². The summed E-state index contributed by atoms with van der Waals surface area (Å²) in [4.78, 5) is 14.3. The Labute approximate surface area is 110 Å². The number of nitrogens with one attached hydrogen (secondary N) is 1. The van der Waals surface area contributed by atoms with Crippen LogP contribution in [0, 0.1) is 0 Å². The van der Waals surface area contributed by atoms with E-state index in [4.69, 9.17) is 5.73 Å². The van der Waals surface area contributed by atoms with Crippen molar-refractivity contribution in [2.24, 2.45) is 5.73 Å². The van der Waals surface area contributed by atoms with Gasteiger partial charge in [0.15, 0.2) is 0 Å². The van der Waals surface area contributed by atoms with Gasteiger partial charge < -0.3 is 16.0 Å². The first-order chi connectivity index (χ1) is 8.48. The number of hydrogen-bond donors (Lipinski definition) is 2. The van der Waals surface area contributed by atoms with E-state index in [0.29, 0.717) is 18.1 Å². The lowest BCUT2D eigenvalue weighted by Crippen LogP contribution is -2.55. The molecule has 0 aromatic heterocycles. The minimum atomic E-state index is -0.437. The molecule has 0 spiro atoms. The quantitative estimate of drug-likeness (QED) is 0.749. The molecule has 3 unspecified atom stereocenters. The summed E-state index contributed by atoms with van der Waals surface area (Å²) in [6.07, 6.45) is 6.38. The lowest BCUT2D eigenvalue weighted by molar-refractivity contribution is -0.124. The minimum absolute atomic E-state index is 0.158. The van der Waals surface area contributed by atoms with E-state index < -0.39 is 5.54 Å². The van der Waals surface area contributed by atoms with Crippen molar-refractivity contribution in [2.45, 2.75) is 76.0 Å². The predicted octanol–water partition coefficient (Wildman–Crippen LogP) is 1.25. The second-order valence-electron chi connectivity index (χ2n) is 6.18. The van der Waals surface area contributed by atoms with Gasteiger partial charge in [-0.05, 0) is 52.5 Å². The molecule has 0 aliphatic heterocycles. The average Bonchev–Trinajstić information content (AvgIpc) is 3.04. The van der Waals surface area contributed by atoms with Crippen molar-refractivity contribution in [3.63, 3.8) is 0 Å². The highest BCUT2D eigenvalue weighted by Crippen LogP contribution is 2.36. The largest absolute Gasteiger partial charge is 0.368 e. The van der Waals surface area contributed by atoms with Gasteiger partial charge in [0, 0.05) is 18.1 Å². The van der Waals surface area contributed by atoms with Gasteiger partial charge in [-0.15, -0.1) is 0 Å². The molecule has 0 heterocycles. The van der Waals surface area contributed by atoms with Gasteiger partial charge in [-0.3, -0.25) is 4.79 Å². The fourth-order valence-electron chi connectivity index (χ4n) is 3.06. The Morgan fingerprint density at radius 3 is 2.67 bits per heavy atom. The molecule has 0 radical (unpaired) electrons. The van der Waals surface area contributed by atoms with Gasteiger partial charge in [0.2, 0.25) is 5.91 Å². The number of carbonyl (C=O) groups excluding carboxylic acids is 1. The molecule has 2 aliphatic carbocycles. The van der Waals surface area contributed by atoms with Crippen LogP contribution in [0.4, 0.5) is 0 Å². The summed E-state index contributed by atoms with van der Waals surface area (Å²) >= 11 is 0. The standard InChI is InChI=1S/C14H27N3O/c1-4-10(2)17(3)12-7-8-14(9-12,13(15)18)16-11-5-6-11/h10-12,16H,4-9H2,1-3H3,(H2,15,18). The Bertz CT molecular complexity index is 316. The topological polar surface area (TPSA) is 58.4 Å². The monoisotopic (exact) mass is 253 g/mol. The number of amides is 1. The summed E-state index contributed by atoms with van der Waals surface area (Å²) in [6, 6.07) is 1.59. The Morgan fingerprint density at radius 2 is 2.17 bits per heavy atom. The summed E-state index contributed by atoms with van der Waals surface area (Å²) in [6.45, 7) is 4.46. The molecule has 104 valence electrons. The van der Waals surface area contributed by atoms with Crippen LogP contribution in [0.15, 0.2) is 0 Å². The van der Waals surface area contributed by atoms with Gasteiger partial charge in [0.1, 0.15) is 0 Å². The normalized spacial score (nSPS) is 33.9. The number of rotatable bonds is 6. The average molecular weight is 253 g/mol. The van der Waals surface area contributed by atoms with Crippen LogP contribution < -0.4 is 11.1 Å². The van der Waals surface area contributed by atoms with E-state index in [-0.39, 0.29) is 5.91 Å². The predicted molar refractivity (Wildman–Crippen MR) is 73.2 cm³/mol. The van der Waals surface area contributed by atoms with Crippen molar-refractivity contribution in [3.05, 3.63) is 0 Å². The van der Waals surface area contributed by atoms with Crippen molar-refractivity contribution >= 4 is 5.91 Å². The zero-order chi connectivity index (χ0) is 13.3. The fourth-order valence-corrected chi connectivity index (χ4v) is 3.06. The van der Waals surface area contributed by atoms with E-state index in [9.17, 15) is 4.79 Å². The van der Waals surface area contributed by atoms with Gasteiger partial charge in [-0.1, -0.05) is 6.92 Å². The summed E-state index contributed by atoms with van der Waals surface area (Å²) in [5.41, 5.74) is 5.22. The zero-order valence-corrected chi connectivity index (χ0v) is 11.9. The van der Waals surface area contributed by atoms with E-state index in [2.05, 4.69) is 31.1 Å². The van der Waals surface area contributed by atoms with E-state index in [1.165, 1.54) is 12.8 Å². The number of nitrogens with zero attached hydrogens (tertiary/aromatic N) is 1. The molecular formula is C14H27N3O. The number of carbonyl (C=O) groups is 1. The summed E-state index contributed by atoms with van der Waals surface area (Å²) in [5, 5.41) is 3.51. The SMILES string of the molecule is CCC(C)N(C)C1CCC(NC2CC2)(C(N)=O)C1. The molecule has 0 aromatic carbocycles. The van der Waals surface area contributed by atoms with E-state index in [0.717, 1.165) is 25.7 Å². The maximum atomic E-state index is 11.8. The molecule has 2 aliphatic rings. The molecule has 0 saturated heterocycles. The van der Waals surface area contributed by atoms with Gasteiger partial charge in [0.25, 0.3) is 0 Å². The van der Waals surface area contributed by atoms with Crippen molar-refractivity contribution in [1.82, 2.24) is 10.2 Å². The summed E-state index contributed by atoms with van der Waals surface area (Å²) in [5.74, 6) is -0.158. The molecule has 2 fully saturated rings. The van der Waals surface area contributed by atoms with Crippen LogP contribution in [-0.2, 0) is 4.79 Å². The van der Waals surface area contributed by atoms with Crippen molar-refractivity contribution in [2.75, 3.05) is 7.05 Å². The molecule has 18 heavy (non-hydrogen) atoms. The molecule has 4 nitrogen and oxygen atoms in total. The van der Waals surface area contributed by atoms with Crippen molar-refractivity contribution in [3.8, 4) is 0 Å². The second kappa shape index (κ2) is 5.17. The fraction of sp³-hybridized carbons (Fsp3) is 0.929. The van der Waals surface area contributed by atoms with E-state index >= 15 is 0 Å². The van der Waals surface area contributed by atoms with Crippen molar-refractivity contribution < 1.29 is 4.79 Å². The van der Waals surface area contributed by atoms with Crippen LogP contribution in [0.2, 0.25) is 0 Å². The molecule has 2 rings (SSSR count). The van der Waals surface area contributed by atoms with Crippen LogP contribution in [0.3, 0.4) is 0 Å². The van der Waals surface area contributed by atoms with Crippen molar-refractivity contribution in [1.29, 1.82) is 0 Å². The van der Waals surface area contributed by atoms with E-state index in [1.807, 2.05) is 0 Å². The molecule has 2 saturated carbocycles. The highest BCUT2D eigenvalue weighted by molar-refractivity contribution is 5.85. The molecular weight excluding hydrogens is 226 g/mol. The Balaban J connectivity index is 2.00. The third-order valence-electron chi connectivity index (χ3n) is 4.88. The molecule has 1 amide bonds. The molecule has 0 bridgehead atoms. The zero-order valence-electron chi connectivity index (χ0n) is 11.9. The molecule has 3 atom stereocenters. The first-order valence-corrected chi connectivity index (χ1v) is 7.28. The molecule has 4 heteroatoms. The Morgan fingerprint density at radius 1 is 1.50 bits per heavy atom. The highest BCUT2D eigenvalue weighted by Gasteiger charge is 2.47. The Kier molecular flexibility index (Phi) is 3.97. The summed E-state index contributed by atoms with van der Waals surface area (Å²) < 4.78 is 0. The van der Waals surface area contributed by atoms with Gasteiger partial charge in [-0.25, -0.2) is 0 Å². The molecule has 0 aromatic rings. The van der Waals surface area contributed by atoms with Crippen LogP contribution in [0.5, 0.6) is 0 Å². The maximum Gasteiger partial charge on any atom is 0.237 e. The second-order valence-corrected chi connectivity index (χ2v) is 6.18. The Hall–Kier alpha value is -0.610. The number of primary amides is 1. The van der Waals surface area contributed by atoms with Crippen LogP contribution in [0.25, 0.3) is 0 Å². The summed E-state index contributed by atoms with van der Waals surface area (Å²) in [7, 11) is 2.17. The maximum absolute atomic E-state index is 11.8. The van der Waals surface area contributed by atoms with Gasteiger partial charge in [0.05, 0.1) is 5.54 Å². The first-order valence-electron chi connectivity index (χ1n) is 7.28. The number of nitrogens with two attached hydrogens (primary N) is 1. The van der Waals surface area contributed by atoms with Gasteiger partial charge in [-0.2, -0.15) is 0 Å². The van der Waals surface area contributed by atoms with Gasteiger partial charge >= 0.3 is 0 Å². The third kappa shape index (κ3) is 2.69. The lowest BCUT2D eigenvalue weighted by atomic mass is 9.95. The smallest absolute Gasteiger partial charge is 0.237 e.